The highest BCUT2D eigenvalue weighted by atomic mass is 16.2. The Morgan fingerprint density at radius 3 is 2.50 bits per heavy atom. The number of carbonyl (C=O) groups is 1. The van der Waals surface area contributed by atoms with Crippen LogP contribution in [-0.2, 0) is 37.3 Å². The maximum atomic E-state index is 13.4. The molecule has 166 valence electrons. The average Bonchev–Trinajstić information content (AvgIpc) is 2.76. The number of hydrogen-bond donors (Lipinski definition) is 1. The lowest BCUT2D eigenvalue weighted by molar-refractivity contribution is -0.116. The molecule has 0 bridgehead atoms. The van der Waals surface area contributed by atoms with Crippen LogP contribution in [0, 0.1) is 13.8 Å². The number of nitrogens with one attached hydrogen (secondary N) is 1. The Bertz CT molecular complexity index is 1160. The summed E-state index contributed by atoms with van der Waals surface area (Å²) in [5.74, 6) is 0.450. The number of anilines is 1. The van der Waals surface area contributed by atoms with E-state index in [4.69, 9.17) is 4.98 Å². The number of fused-ring (bicyclic) bond motifs is 1. The molecule has 4 rings (SSSR count). The van der Waals surface area contributed by atoms with E-state index in [2.05, 4.69) is 28.4 Å². The van der Waals surface area contributed by atoms with E-state index in [0.717, 1.165) is 42.0 Å². The van der Waals surface area contributed by atoms with Gasteiger partial charge in [0.05, 0.1) is 11.3 Å². The maximum absolute atomic E-state index is 13.4. The smallest absolute Gasteiger partial charge is 0.258 e. The molecule has 6 nitrogen and oxygen atoms in total. The van der Waals surface area contributed by atoms with Crippen LogP contribution < -0.4 is 10.9 Å². The van der Waals surface area contributed by atoms with Gasteiger partial charge in [0.1, 0.15) is 12.4 Å². The second-order valence-electron chi connectivity index (χ2n) is 8.57. The Labute approximate surface area is 188 Å². The fourth-order valence-electron chi connectivity index (χ4n) is 4.42. The minimum atomic E-state index is -0.217. The average molecular weight is 431 g/mol. The summed E-state index contributed by atoms with van der Waals surface area (Å²) in [5, 5.41) is 2.94. The first kappa shape index (κ1) is 22.0. The van der Waals surface area contributed by atoms with Gasteiger partial charge in [-0.05, 0) is 42.7 Å². The van der Waals surface area contributed by atoms with Crippen LogP contribution in [0.4, 0.5) is 5.69 Å². The summed E-state index contributed by atoms with van der Waals surface area (Å²) in [6.07, 6.45) is 1.35. The van der Waals surface area contributed by atoms with Gasteiger partial charge in [-0.15, -0.1) is 0 Å². The summed E-state index contributed by atoms with van der Waals surface area (Å²) >= 11 is 0. The van der Waals surface area contributed by atoms with Gasteiger partial charge in [-0.1, -0.05) is 43.3 Å². The van der Waals surface area contributed by atoms with Gasteiger partial charge in [0.25, 0.3) is 5.56 Å². The zero-order chi connectivity index (χ0) is 22.7. The molecule has 0 atom stereocenters. The van der Waals surface area contributed by atoms with Crippen LogP contribution in [0.1, 0.15) is 40.7 Å². The Balaban J connectivity index is 1.56. The van der Waals surface area contributed by atoms with E-state index in [9.17, 15) is 9.59 Å². The van der Waals surface area contributed by atoms with Crippen LogP contribution in [0.3, 0.4) is 0 Å². The molecule has 1 aliphatic rings. The van der Waals surface area contributed by atoms with Crippen molar-refractivity contribution in [3.8, 4) is 0 Å². The lowest BCUT2D eigenvalue weighted by atomic mass is 10.1. The van der Waals surface area contributed by atoms with Gasteiger partial charge in [0, 0.05) is 38.2 Å². The lowest BCUT2D eigenvalue weighted by Crippen LogP contribution is -2.40. The van der Waals surface area contributed by atoms with Crippen molar-refractivity contribution in [1.82, 2.24) is 14.5 Å². The third-order valence-electron chi connectivity index (χ3n) is 5.85. The first-order valence-electron chi connectivity index (χ1n) is 11.2. The molecular weight excluding hydrogens is 400 g/mol. The first-order chi connectivity index (χ1) is 15.4. The van der Waals surface area contributed by atoms with Gasteiger partial charge in [0.2, 0.25) is 5.91 Å². The predicted octanol–water partition coefficient (Wildman–Crippen LogP) is 3.62. The molecule has 2 heterocycles. The lowest BCUT2D eigenvalue weighted by Gasteiger charge is -2.28. The highest BCUT2D eigenvalue weighted by molar-refractivity contribution is 5.90. The normalized spacial score (nSPS) is 13.6. The highest BCUT2D eigenvalue weighted by Gasteiger charge is 2.24. The largest absolute Gasteiger partial charge is 0.325 e. The predicted molar refractivity (Wildman–Crippen MR) is 127 cm³/mol. The van der Waals surface area contributed by atoms with Crippen LogP contribution in [-0.4, -0.2) is 26.9 Å². The molecule has 2 aromatic carbocycles. The van der Waals surface area contributed by atoms with E-state index in [1.54, 1.807) is 4.57 Å². The summed E-state index contributed by atoms with van der Waals surface area (Å²) in [5.41, 5.74) is 5.63. The van der Waals surface area contributed by atoms with Crippen LogP contribution >= 0.6 is 0 Å². The highest BCUT2D eigenvalue weighted by Crippen LogP contribution is 2.18. The van der Waals surface area contributed by atoms with Crippen LogP contribution in [0.15, 0.2) is 53.3 Å². The van der Waals surface area contributed by atoms with E-state index in [1.165, 1.54) is 5.56 Å². The van der Waals surface area contributed by atoms with E-state index < -0.39 is 0 Å². The topological polar surface area (TPSA) is 67.2 Å². The van der Waals surface area contributed by atoms with Crippen molar-refractivity contribution in [2.45, 2.75) is 53.2 Å². The van der Waals surface area contributed by atoms with Crippen molar-refractivity contribution in [3.05, 3.63) is 92.7 Å². The third kappa shape index (κ3) is 4.97. The SMILES string of the molecule is CCc1nc2c(c(=O)n1CC(=O)Nc1cc(C)cc(C)c1)CN(Cc1ccccc1)CC2. The van der Waals surface area contributed by atoms with E-state index >= 15 is 0 Å². The molecule has 3 aromatic rings. The minimum Gasteiger partial charge on any atom is -0.325 e. The fourth-order valence-corrected chi connectivity index (χ4v) is 4.42. The Morgan fingerprint density at radius 1 is 1.09 bits per heavy atom. The molecule has 1 N–H and O–H groups in total. The molecule has 0 unspecified atom stereocenters. The molecule has 0 spiro atoms. The zero-order valence-electron chi connectivity index (χ0n) is 19.0. The second-order valence-corrected chi connectivity index (χ2v) is 8.57. The molecule has 0 saturated heterocycles. The van der Waals surface area contributed by atoms with Gasteiger partial charge >= 0.3 is 0 Å². The fraction of sp³-hybridized carbons (Fsp3) is 0.346. The van der Waals surface area contributed by atoms with Crippen LogP contribution in [0.25, 0.3) is 0 Å². The number of rotatable bonds is 6. The third-order valence-corrected chi connectivity index (χ3v) is 5.85. The number of carbonyl (C=O) groups excluding carboxylic acids is 1. The molecule has 32 heavy (non-hydrogen) atoms. The van der Waals surface area contributed by atoms with Crippen molar-refractivity contribution in [3.63, 3.8) is 0 Å². The molecule has 0 saturated carbocycles. The molecule has 1 aliphatic heterocycles. The molecular formula is C26H30N4O2. The van der Waals surface area contributed by atoms with Crippen LogP contribution in [0.5, 0.6) is 0 Å². The quantitative estimate of drug-likeness (QED) is 0.649. The Kier molecular flexibility index (Phi) is 6.51. The number of aryl methyl sites for hydroxylation is 3. The number of nitrogens with zero attached hydrogens (tertiary/aromatic N) is 3. The summed E-state index contributed by atoms with van der Waals surface area (Å²) in [7, 11) is 0. The molecule has 0 radical (unpaired) electrons. The van der Waals surface area contributed by atoms with Crippen molar-refractivity contribution < 1.29 is 4.79 Å². The van der Waals surface area contributed by atoms with Crippen molar-refractivity contribution in [2.75, 3.05) is 11.9 Å². The second kappa shape index (κ2) is 9.49. The minimum absolute atomic E-state index is 0.0338. The van der Waals surface area contributed by atoms with E-state index in [1.807, 2.05) is 51.1 Å². The standard InChI is InChI=1S/C26H30N4O2/c1-4-24-28-23-10-11-29(15-20-8-6-5-7-9-20)16-22(23)26(32)30(24)17-25(31)27-21-13-18(2)12-19(3)14-21/h5-9,12-14H,4,10-11,15-17H2,1-3H3,(H,27,31). The molecule has 0 aliphatic carbocycles. The number of amides is 1. The van der Waals surface area contributed by atoms with Gasteiger partial charge in [-0.25, -0.2) is 4.98 Å². The molecule has 1 amide bonds. The van der Waals surface area contributed by atoms with Crippen LogP contribution in [0.2, 0.25) is 0 Å². The first-order valence-corrected chi connectivity index (χ1v) is 11.2. The zero-order valence-corrected chi connectivity index (χ0v) is 19.0. The van der Waals surface area contributed by atoms with Crippen molar-refractivity contribution >= 4 is 11.6 Å². The Hall–Kier alpha value is -3.25. The van der Waals surface area contributed by atoms with E-state index in [-0.39, 0.29) is 18.0 Å². The van der Waals surface area contributed by atoms with Crippen molar-refractivity contribution in [2.24, 2.45) is 0 Å². The summed E-state index contributed by atoms with van der Waals surface area (Å²) in [4.78, 5) is 33.2. The number of aromatic nitrogens is 2. The Morgan fingerprint density at radius 2 is 1.81 bits per heavy atom. The monoisotopic (exact) mass is 430 g/mol. The maximum Gasteiger partial charge on any atom is 0.258 e. The number of benzene rings is 2. The molecule has 6 heteroatoms. The molecule has 0 fully saturated rings. The van der Waals surface area contributed by atoms with Crippen molar-refractivity contribution in [1.29, 1.82) is 0 Å². The van der Waals surface area contributed by atoms with Gasteiger partial charge in [-0.3, -0.25) is 19.1 Å². The van der Waals surface area contributed by atoms with E-state index in [0.29, 0.717) is 24.4 Å². The molecule has 1 aromatic heterocycles. The number of hydrogen-bond acceptors (Lipinski definition) is 4. The van der Waals surface area contributed by atoms with Gasteiger partial charge < -0.3 is 5.32 Å². The van der Waals surface area contributed by atoms with Gasteiger partial charge in [-0.2, -0.15) is 0 Å². The summed E-state index contributed by atoms with van der Waals surface area (Å²) in [6, 6.07) is 16.2. The van der Waals surface area contributed by atoms with Gasteiger partial charge in [0.15, 0.2) is 0 Å². The summed E-state index contributed by atoms with van der Waals surface area (Å²) in [6.45, 7) is 8.15. The summed E-state index contributed by atoms with van der Waals surface area (Å²) < 4.78 is 1.54.